The van der Waals surface area contributed by atoms with Crippen LogP contribution in [0.25, 0.3) is 5.52 Å². The summed E-state index contributed by atoms with van der Waals surface area (Å²) in [6, 6.07) is 6.06. The van der Waals surface area contributed by atoms with E-state index in [1.54, 1.807) is 32.0 Å². The van der Waals surface area contributed by atoms with E-state index in [1.807, 2.05) is 0 Å². The lowest BCUT2D eigenvalue weighted by Gasteiger charge is -2.18. The van der Waals surface area contributed by atoms with E-state index < -0.39 is 29.7 Å². The van der Waals surface area contributed by atoms with Gasteiger partial charge in [-0.1, -0.05) is 0 Å². The van der Waals surface area contributed by atoms with Crippen molar-refractivity contribution in [2.75, 3.05) is 6.61 Å². The molecule has 0 bridgehead atoms. The number of alkyl halides is 2. The summed E-state index contributed by atoms with van der Waals surface area (Å²) in [5.41, 5.74) is 4.84. The molecule has 1 fully saturated rings. The van der Waals surface area contributed by atoms with Gasteiger partial charge in [0.05, 0.1) is 23.9 Å². The van der Waals surface area contributed by atoms with Crippen molar-refractivity contribution in [1.29, 1.82) is 0 Å². The Bertz CT molecular complexity index is 1320. The first-order chi connectivity index (χ1) is 18.5. The fraction of sp³-hybridized carbons (Fsp3) is 0.481. The molecule has 0 saturated heterocycles. The van der Waals surface area contributed by atoms with Crippen molar-refractivity contribution >= 4 is 17.3 Å². The number of imidazole rings is 1. The van der Waals surface area contributed by atoms with Crippen LogP contribution >= 0.6 is 0 Å². The van der Waals surface area contributed by atoms with Gasteiger partial charge >= 0.3 is 0 Å². The number of rotatable bonds is 10. The lowest BCUT2D eigenvalue weighted by Crippen LogP contribution is -2.35. The molecule has 1 aliphatic carbocycles. The van der Waals surface area contributed by atoms with Gasteiger partial charge in [-0.05, 0) is 70.2 Å². The van der Waals surface area contributed by atoms with Gasteiger partial charge in [0, 0.05) is 18.7 Å². The van der Waals surface area contributed by atoms with E-state index in [4.69, 9.17) is 15.2 Å². The Hall–Kier alpha value is -3.80. The molecule has 2 amide bonds. The minimum Gasteiger partial charge on any atom is -0.492 e. The third-order valence-electron chi connectivity index (χ3n) is 6.60. The predicted molar refractivity (Wildman–Crippen MR) is 138 cm³/mol. The summed E-state index contributed by atoms with van der Waals surface area (Å²) in [5.74, 6) is -1.22. The van der Waals surface area contributed by atoms with Crippen molar-refractivity contribution < 1.29 is 33.0 Å². The second kappa shape index (κ2) is 11.9. The lowest BCUT2D eigenvalue weighted by molar-refractivity contribution is 0.0552. The maximum Gasteiger partial charge on any atom is 0.295 e. The highest BCUT2D eigenvalue weighted by atomic mass is 19.3. The highest BCUT2D eigenvalue weighted by Gasteiger charge is 2.27. The zero-order valence-electron chi connectivity index (χ0n) is 21.9. The van der Waals surface area contributed by atoms with E-state index in [-0.39, 0.29) is 41.4 Å². The quantitative estimate of drug-likeness (QED) is 0.329. The van der Waals surface area contributed by atoms with E-state index in [0.29, 0.717) is 37.9 Å². The van der Waals surface area contributed by atoms with Gasteiger partial charge in [0.2, 0.25) is 5.88 Å². The number of carbonyl (C=O) groups is 2. The summed E-state index contributed by atoms with van der Waals surface area (Å²) in [4.78, 5) is 32.9. The number of fused-ring (bicyclic) bond motifs is 1. The predicted octanol–water partition coefficient (Wildman–Crippen LogP) is 3.82. The van der Waals surface area contributed by atoms with Crippen LogP contribution in [0.3, 0.4) is 0 Å². The molecule has 4 rings (SSSR count). The van der Waals surface area contributed by atoms with Crippen LogP contribution in [0.4, 0.5) is 8.78 Å². The number of hydrogen-bond acceptors (Lipinski definition) is 7. The molecule has 3 aromatic rings. The average Bonchev–Trinajstić information content (AvgIpc) is 3.12. The van der Waals surface area contributed by atoms with E-state index in [1.165, 1.54) is 22.9 Å². The molecule has 1 saturated carbocycles. The number of halogens is 2. The molecule has 10 nitrogen and oxygen atoms in total. The van der Waals surface area contributed by atoms with Crippen LogP contribution in [0.2, 0.25) is 0 Å². The molecule has 3 heterocycles. The van der Waals surface area contributed by atoms with Crippen LogP contribution < -0.4 is 20.5 Å². The number of primary amides is 1. The first kappa shape index (κ1) is 28.2. The number of carbonyl (C=O) groups excluding carboxylic acids is 2. The molecule has 39 heavy (non-hydrogen) atoms. The number of nitrogens with two attached hydrogens (primary N) is 1. The summed E-state index contributed by atoms with van der Waals surface area (Å²) in [5, 5.41) is 12.8. The molecule has 0 radical (unpaired) electrons. The van der Waals surface area contributed by atoms with Gasteiger partial charge in [-0.15, -0.1) is 0 Å². The van der Waals surface area contributed by atoms with E-state index in [9.17, 15) is 23.5 Å². The minimum atomic E-state index is -2.90. The minimum absolute atomic E-state index is 0.0926. The lowest BCUT2D eigenvalue weighted by atomic mass is 10.1. The van der Waals surface area contributed by atoms with Gasteiger partial charge in [-0.2, -0.15) is 0 Å². The number of aliphatic hydroxyl groups is 1. The number of pyridine rings is 2. The van der Waals surface area contributed by atoms with E-state index in [2.05, 4.69) is 15.3 Å². The average molecular weight is 546 g/mol. The monoisotopic (exact) mass is 545 g/mol. The maximum absolute atomic E-state index is 13.8. The Kier molecular flexibility index (Phi) is 8.63. The number of aromatic nitrogens is 3. The van der Waals surface area contributed by atoms with Gasteiger partial charge in [-0.25, -0.2) is 18.7 Å². The molecule has 0 aliphatic heterocycles. The molecule has 3 aromatic heterocycles. The Morgan fingerprint density at radius 3 is 2.74 bits per heavy atom. The summed E-state index contributed by atoms with van der Waals surface area (Å²) in [7, 11) is 0. The zero-order chi connectivity index (χ0) is 28.2. The topological polar surface area (TPSA) is 141 Å². The van der Waals surface area contributed by atoms with Crippen molar-refractivity contribution in [3.05, 3.63) is 53.7 Å². The molecular weight excluding hydrogens is 512 g/mol. The summed E-state index contributed by atoms with van der Waals surface area (Å²) in [6.45, 7) is 3.49. The third kappa shape index (κ3) is 7.20. The van der Waals surface area contributed by atoms with Gasteiger partial charge in [0.1, 0.15) is 17.4 Å². The highest BCUT2D eigenvalue weighted by Crippen LogP contribution is 2.27. The van der Waals surface area contributed by atoms with Gasteiger partial charge in [0.25, 0.3) is 18.2 Å². The Balaban J connectivity index is 1.43. The second-order valence-electron chi connectivity index (χ2n) is 10.3. The normalized spacial score (nSPS) is 18.1. The molecule has 1 unspecified atom stereocenters. The number of nitrogens with one attached hydrogen (secondary N) is 1. The van der Waals surface area contributed by atoms with Crippen molar-refractivity contribution in [2.45, 2.75) is 76.5 Å². The van der Waals surface area contributed by atoms with Gasteiger partial charge in [0.15, 0.2) is 11.5 Å². The first-order valence-corrected chi connectivity index (χ1v) is 12.9. The zero-order valence-corrected chi connectivity index (χ0v) is 21.9. The fourth-order valence-corrected chi connectivity index (χ4v) is 4.53. The van der Waals surface area contributed by atoms with Crippen molar-refractivity contribution in [3.8, 4) is 11.6 Å². The number of ether oxygens (including phenoxy) is 2. The maximum atomic E-state index is 13.8. The molecule has 0 spiro atoms. The molecule has 4 N–H and O–H groups in total. The summed E-state index contributed by atoms with van der Waals surface area (Å²) >= 11 is 0. The molecule has 1 aliphatic rings. The highest BCUT2D eigenvalue weighted by molar-refractivity contribution is 5.99. The van der Waals surface area contributed by atoms with Crippen LogP contribution in [-0.4, -0.2) is 55.6 Å². The third-order valence-corrected chi connectivity index (χ3v) is 6.60. The molecule has 0 aromatic carbocycles. The number of nitrogens with zero attached hydrogens (tertiary/aromatic N) is 3. The summed E-state index contributed by atoms with van der Waals surface area (Å²) in [6.07, 6.45) is 3.42. The van der Waals surface area contributed by atoms with Crippen LogP contribution in [-0.2, 0) is 0 Å². The van der Waals surface area contributed by atoms with Crippen LogP contribution in [0.15, 0.2) is 36.7 Å². The number of hydrogen-bond donors (Lipinski definition) is 3. The van der Waals surface area contributed by atoms with E-state index in [0.717, 1.165) is 6.42 Å². The standard InChI is InChI=1S/C27H33F2N5O5/c1-27(2,37)12-14-38-18-10-11-20-21(33-24(22(28)29)34(20)15-18)25(36)32-16-5-3-6-17(9-8-16)39-26-19(23(30)35)7-4-13-31-26/h4,7,10-11,13,15-17,22,37H,3,5-6,8-9,12,14H2,1-2H3,(H2,30,35)(H,32,36)/t16-,17?/m0/s1. The largest absolute Gasteiger partial charge is 0.492 e. The van der Waals surface area contributed by atoms with Crippen molar-refractivity contribution in [2.24, 2.45) is 5.73 Å². The summed E-state index contributed by atoms with van der Waals surface area (Å²) < 4.78 is 40.3. The molecule has 2 atom stereocenters. The Morgan fingerprint density at radius 1 is 1.23 bits per heavy atom. The first-order valence-electron chi connectivity index (χ1n) is 12.9. The Labute approximate surface area is 224 Å². The molecular formula is C27H33F2N5O5. The van der Waals surface area contributed by atoms with Gasteiger partial charge in [-0.3, -0.25) is 14.0 Å². The number of amides is 2. The SMILES string of the molecule is CC(C)(O)CCOc1ccc2c(C(=O)N[C@H]3CCCC(Oc4ncccc4C(N)=O)CC3)nc(C(F)F)n2c1. The van der Waals surface area contributed by atoms with Crippen LogP contribution in [0.1, 0.15) is 85.5 Å². The van der Waals surface area contributed by atoms with Crippen LogP contribution in [0.5, 0.6) is 11.6 Å². The van der Waals surface area contributed by atoms with E-state index >= 15 is 0 Å². The van der Waals surface area contributed by atoms with Crippen molar-refractivity contribution in [3.63, 3.8) is 0 Å². The second-order valence-corrected chi connectivity index (χ2v) is 10.3. The smallest absolute Gasteiger partial charge is 0.295 e. The van der Waals surface area contributed by atoms with Crippen molar-refractivity contribution in [1.82, 2.24) is 19.7 Å². The molecule has 210 valence electrons. The molecule has 12 heteroatoms. The Morgan fingerprint density at radius 2 is 2.03 bits per heavy atom. The fourth-order valence-electron chi connectivity index (χ4n) is 4.53. The van der Waals surface area contributed by atoms with Crippen LogP contribution in [0, 0.1) is 0 Å². The van der Waals surface area contributed by atoms with Gasteiger partial charge < -0.3 is 25.6 Å².